The highest BCUT2D eigenvalue weighted by atomic mass is 16.5. The first-order valence-electron chi connectivity index (χ1n) is 10.5. The lowest BCUT2D eigenvalue weighted by Crippen LogP contribution is -2.12. The topological polar surface area (TPSA) is 44.1 Å². The van der Waals surface area contributed by atoms with Gasteiger partial charge in [0.2, 0.25) is 5.88 Å². The molecule has 0 amide bonds. The maximum absolute atomic E-state index is 13.1. The fraction of sp³-hybridized carbons (Fsp3) is 0.0714. The van der Waals surface area contributed by atoms with Crippen molar-refractivity contribution in [1.29, 1.82) is 0 Å². The number of fused-ring (bicyclic) bond motifs is 1. The van der Waals surface area contributed by atoms with E-state index in [9.17, 15) is 4.79 Å². The average molecular weight is 418 g/mol. The molecule has 32 heavy (non-hydrogen) atoms. The van der Waals surface area contributed by atoms with Crippen LogP contribution in [0.15, 0.2) is 97.1 Å². The van der Waals surface area contributed by atoms with Crippen molar-refractivity contribution < 1.29 is 9.53 Å². The summed E-state index contributed by atoms with van der Waals surface area (Å²) in [6, 6.07) is 31.2. The molecule has 0 saturated carbocycles. The van der Waals surface area contributed by atoms with E-state index in [-0.39, 0.29) is 0 Å². The van der Waals surface area contributed by atoms with Gasteiger partial charge in [-0.1, -0.05) is 72.8 Å². The number of benzene rings is 4. The normalized spacial score (nSPS) is 10.9. The molecule has 5 aromatic rings. The number of ether oxygens (including phenoxy) is 1. The van der Waals surface area contributed by atoms with Crippen molar-refractivity contribution in [3.8, 4) is 22.8 Å². The highest BCUT2D eigenvalue weighted by Gasteiger charge is 2.18. The molecule has 0 saturated heterocycles. The Morgan fingerprint density at radius 3 is 2.34 bits per heavy atom. The predicted molar refractivity (Wildman–Crippen MR) is 127 cm³/mol. The maximum Gasteiger partial charge on any atom is 0.344 e. The highest BCUT2D eigenvalue weighted by molar-refractivity contribution is 5.96. The van der Waals surface area contributed by atoms with Gasteiger partial charge in [0.05, 0.1) is 16.9 Å². The quantitative estimate of drug-likeness (QED) is 0.312. The first-order chi connectivity index (χ1) is 15.6. The van der Waals surface area contributed by atoms with E-state index < -0.39 is 5.97 Å². The van der Waals surface area contributed by atoms with Gasteiger partial charge in [-0.05, 0) is 53.9 Å². The summed E-state index contributed by atoms with van der Waals surface area (Å²) in [7, 11) is 0. The third kappa shape index (κ3) is 3.67. The second-order valence-electron chi connectivity index (χ2n) is 7.82. The van der Waals surface area contributed by atoms with Crippen molar-refractivity contribution in [2.24, 2.45) is 0 Å². The third-order valence-electron chi connectivity index (χ3n) is 5.73. The number of hydrogen-bond acceptors (Lipinski definition) is 3. The lowest BCUT2D eigenvalue weighted by molar-refractivity contribution is 0.0723. The van der Waals surface area contributed by atoms with Gasteiger partial charge in [0.15, 0.2) is 0 Å². The van der Waals surface area contributed by atoms with Gasteiger partial charge in [-0.15, -0.1) is 0 Å². The molecule has 0 aliphatic carbocycles. The van der Waals surface area contributed by atoms with Gasteiger partial charge in [-0.3, -0.25) is 0 Å². The van der Waals surface area contributed by atoms with Crippen LogP contribution in [0.25, 0.3) is 27.7 Å². The second-order valence-corrected chi connectivity index (χ2v) is 7.82. The Balaban J connectivity index is 1.57. The molecule has 0 fully saturated rings. The van der Waals surface area contributed by atoms with Crippen molar-refractivity contribution in [3.05, 3.63) is 114 Å². The molecule has 4 heteroatoms. The number of rotatable bonds is 4. The number of nitrogens with zero attached hydrogens (tertiary/aromatic N) is 2. The van der Waals surface area contributed by atoms with Crippen molar-refractivity contribution in [2.75, 3.05) is 0 Å². The van der Waals surface area contributed by atoms with Crippen LogP contribution in [0.2, 0.25) is 0 Å². The number of esters is 1. The predicted octanol–water partition coefficient (Wildman–Crippen LogP) is 6.53. The molecular formula is C28H22N2O2. The molecule has 156 valence electrons. The standard InChI is InChI=1S/C28H22N2O2/c1-19-9-8-14-26(20(19)2)30-27(18-25(29-30)22-11-4-3-5-12-22)32-28(31)24-16-15-21-10-6-7-13-23(21)17-24/h3-18H,1-2H3. The molecule has 0 bridgehead atoms. The summed E-state index contributed by atoms with van der Waals surface area (Å²) < 4.78 is 7.61. The molecule has 5 rings (SSSR count). The summed E-state index contributed by atoms with van der Waals surface area (Å²) in [4.78, 5) is 13.1. The zero-order chi connectivity index (χ0) is 22.1. The van der Waals surface area contributed by atoms with Gasteiger partial charge in [0.25, 0.3) is 0 Å². The zero-order valence-electron chi connectivity index (χ0n) is 17.9. The molecule has 1 aromatic heterocycles. The molecule has 0 atom stereocenters. The number of carbonyl (C=O) groups is 1. The summed E-state index contributed by atoms with van der Waals surface area (Å²) >= 11 is 0. The molecule has 4 aromatic carbocycles. The molecule has 0 unspecified atom stereocenters. The lowest BCUT2D eigenvalue weighted by atomic mass is 10.1. The fourth-order valence-electron chi connectivity index (χ4n) is 3.79. The van der Waals surface area contributed by atoms with Crippen LogP contribution in [0, 0.1) is 13.8 Å². The molecule has 4 nitrogen and oxygen atoms in total. The molecule has 0 aliphatic heterocycles. The van der Waals surface area contributed by atoms with E-state index in [1.807, 2.05) is 91.9 Å². The monoisotopic (exact) mass is 418 g/mol. The van der Waals surface area contributed by atoms with Crippen LogP contribution in [-0.4, -0.2) is 15.7 Å². The number of aromatic nitrogens is 2. The SMILES string of the molecule is Cc1cccc(-n2nc(-c3ccccc3)cc2OC(=O)c2ccc3ccccc3c2)c1C. The summed E-state index contributed by atoms with van der Waals surface area (Å²) in [6.07, 6.45) is 0. The molecule has 0 radical (unpaired) electrons. The highest BCUT2D eigenvalue weighted by Crippen LogP contribution is 2.29. The zero-order valence-corrected chi connectivity index (χ0v) is 17.9. The van der Waals surface area contributed by atoms with Crippen molar-refractivity contribution in [1.82, 2.24) is 9.78 Å². The second kappa shape index (κ2) is 8.16. The van der Waals surface area contributed by atoms with Crippen LogP contribution < -0.4 is 4.74 Å². The fourth-order valence-corrected chi connectivity index (χ4v) is 3.79. The molecule has 0 aliphatic rings. The van der Waals surface area contributed by atoms with Crippen LogP contribution in [-0.2, 0) is 0 Å². The Kier molecular flexibility index (Phi) is 5.04. The van der Waals surface area contributed by atoms with E-state index in [0.29, 0.717) is 11.4 Å². The Hall–Kier alpha value is -4.18. The van der Waals surface area contributed by atoms with E-state index in [0.717, 1.165) is 38.8 Å². The van der Waals surface area contributed by atoms with Crippen LogP contribution in [0.4, 0.5) is 0 Å². The molecule has 1 heterocycles. The van der Waals surface area contributed by atoms with Crippen LogP contribution >= 0.6 is 0 Å². The van der Waals surface area contributed by atoms with Gasteiger partial charge >= 0.3 is 5.97 Å². The Morgan fingerprint density at radius 2 is 1.53 bits per heavy atom. The van der Waals surface area contributed by atoms with Gasteiger partial charge in [-0.2, -0.15) is 9.78 Å². The lowest BCUT2D eigenvalue weighted by Gasteiger charge is -2.12. The van der Waals surface area contributed by atoms with Crippen LogP contribution in [0.3, 0.4) is 0 Å². The van der Waals surface area contributed by atoms with E-state index >= 15 is 0 Å². The average Bonchev–Trinajstić information content (AvgIpc) is 3.24. The molecule has 0 N–H and O–H groups in total. The van der Waals surface area contributed by atoms with E-state index in [4.69, 9.17) is 9.84 Å². The minimum absolute atomic E-state index is 0.385. The summed E-state index contributed by atoms with van der Waals surface area (Å²) in [6.45, 7) is 4.10. The van der Waals surface area contributed by atoms with Crippen molar-refractivity contribution in [2.45, 2.75) is 13.8 Å². The van der Waals surface area contributed by atoms with Gasteiger partial charge in [0.1, 0.15) is 0 Å². The summed E-state index contributed by atoms with van der Waals surface area (Å²) in [5.74, 6) is -0.0301. The maximum atomic E-state index is 13.1. The Bertz CT molecular complexity index is 1430. The molecule has 0 spiro atoms. The van der Waals surface area contributed by atoms with Gasteiger partial charge < -0.3 is 4.74 Å². The van der Waals surface area contributed by atoms with Gasteiger partial charge in [0, 0.05) is 11.6 Å². The first-order valence-corrected chi connectivity index (χ1v) is 10.5. The Labute approximate surface area is 186 Å². The van der Waals surface area contributed by atoms with Crippen LogP contribution in [0.5, 0.6) is 5.88 Å². The largest absolute Gasteiger partial charge is 0.404 e. The number of hydrogen-bond donors (Lipinski definition) is 0. The van der Waals surface area contributed by atoms with Gasteiger partial charge in [-0.25, -0.2) is 4.79 Å². The van der Waals surface area contributed by atoms with Crippen LogP contribution in [0.1, 0.15) is 21.5 Å². The van der Waals surface area contributed by atoms with E-state index in [1.54, 1.807) is 10.7 Å². The minimum Gasteiger partial charge on any atom is -0.404 e. The minimum atomic E-state index is -0.415. The smallest absolute Gasteiger partial charge is 0.344 e. The van der Waals surface area contributed by atoms with E-state index in [1.165, 1.54) is 0 Å². The van der Waals surface area contributed by atoms with Crippen molar-refractivity contribution >= 4 is 16.7 Å². The van der Waals surface area contributed by atoms with Crippen molar-refractivity contribution in [3.63, 3.8) is 0 Å². The first kappa shape index (κ1) is 19.8. The Morgan fingerprint density at radius 1 is 0.781 bits per heavy atom. The molecular weight excluding hydrogens is 396 g/mol. The van der Waals surface area contributed by atoms with E-state index in [2.05, 4.69) is 13.0 Å². The number of aryl methyl sites for hydroxylation is 1. The summed E-state index contributed by atoms with van der Waals surface area (Å²) in [5.41, 5.74) is 5.31. The summed E-state index contributed by atoms with van der Waals surface area (Å²) in [5, 5.41) is 6.86. The third-order valence-corrected chi connectivity index (χ3v) is 5.73. The number of carbonyl (C=O) groups excluding carboxylic acids is 1.